The summed E-state index contributed by atoms with van der Waals surface area (Å²) < 4.78 is 0. The molecule has 0 radical (unpaired) electrons. The number of rotatable bonds is 3. The highest BCUT2D eigenvalue weighted by atomic mass is 32.1. The Morgan fingerprint density at radius 1 is 1.15 bits per heavy atom. The van der Waals surface area contributed by atoms with E-state index in [0.29, 0.717) is 6.04 Å². The van der Waals surface area contributed by atoms with Gasteiger partial charge in [-0.25, -0.2) is 9.97 Å². The molecular formula is C21H24N4S. The van der Waals surface area contributed by atoms with Gasteiger partial charge in [0.25, 0.3) is 0 Å². The number of nitrogens with one attached hydrogen (secondary N) is 1. The van der Waals surface area contributed by atoms with Crippen molar-refractivity contribution in [2.45, 2.75) is 38.6 Å². The third-order valence-corrected chi connectivity index (χ3v) is 6.87. The first-order valence-electron chi connectivity index (χ1n) is 9.59. The Bertz CT molecular complexity index is 920. The van der Waals surface area contributed by atoms with E-state index < -0.39 is 0 Å². The van der Waals surface area contributed by atoms with Crippen molar-refractivity contribution in [1.82, 2.24) is 9.97 Å². The summed E-state index contributed by atoms with van der Waals surface area (Å²) in [5, 5.41) is 5.00. The Morgan fingerprint density at radius 3 is 2.92 bits per heavy atom. The number of aryl methyl sites for hydroxylation is 1. The van der Waals surface area contributed by atoms with Crippen LogP contribution in [0.2, 0.25) is 0 Å². The quantitative estimate of drug-likeness (QED) is 0.742. The van der Waals surface area contributed by atoms with Crippen molar-refractivity contribution in [2.75, 3.05) is 23.3 Å². The van der Waals surface area contributed by atoms with Crippen LogP contribution in [0.3, 0.4) is 0 Å². The Kier molecular flexibility index (Phi) is 4.04. The van der Waals surface area contributed by atoms with Crippen LogP contribution in [0, 0.1) is 5.92 Å². The van der Waals surface area contributed by atoms with Crippen LogP contribution in [0.1, 0.15) is 30.2 Å². The van der Waals surface area contributed by atoms with Crippen molar-refractivity contribution in [2.24, 2.45) is 5.92 Å². The average molecular weight is 365 g/mol. The van der Waals surface area contributed by atoms with E-state index in [1.807, 2.05) is 11.3 Å². The van der Waals surface area contributed by atoms with Crippen LogP contribution < -0.4 is 10.2 Å². The molecule has 1 N–H and O–H groups in total. The van der Waals surface area contributed by atoms with Gasteiger partial charge in [-0.3, -0.25) is 0 Å². The molecule has 5 heteroatoms. The molecule has 0 bridgehead atoms. The zero-order valence-corrected chi connectivity index (χ0v) is 15.9. The van der Waals surface area contributed by atoms with Crippen LogP contribution in [0.4, 0.5) is 11.5 Å². The fourth-order valence-electron chi connectivity index (χ4n) is 4.34. The van der Waals surface area contributed by atoms with E-state index >= 15 is 0 Å². The van der Waals surface area contributed by atoms with Gasteiger partial charge >= 0.3 is 0 Å². The Hall–Kier alpha value is -2.14. The number of para-hydroxylation sites is 1. The maximum Gasteiger partial charge on any atom is 0.141 e. The van der Waals surface area contributed by atoms with Crippen molar-refractivity contribution in [1.29, 1.82) is 0 Å². The Labute approximate surface area is 158 Å². The molecule has 1 aliphatic heterocycles. The third kappa shape index (κ3) is 2.84. The van der Waals surface area contributed by atoms with Gasteiger partial charge in [0.1, 0.15) is 17.0 Å². The molecule has 5 rings (SSSR count). The first-order valence-corrected chi connectivity index (χ1v) is 10.4. The SMILES string of the molecule is CC1CCc2c(sc3ncnc(N4CCC(Nc5ccccc5)C4)c23)C1. The van der Waals surface area contributed by atoms with Crippen LogP contribution in [0.25, 0.3) is 10.2 Å². The van der Waals surface area contributed by atoms with Gasteiger partial charge in [0.15, 0.2) is 0 Å². The lowest BCUT2D eigenvalue weighted by Crippen LogP contribution is -2.26. The van der Waals surface area contributed by atoms with E-state index in [9.17, 15) is 0 Å². The Balaban J connectivity index is 1.43. The highest BCUT2D eigenvalue weighted by Gasteiger charge is 2.28. The van der Waals surface area contributed by atoms with Crippen molar-refractivity contribution in [3.8, 4) is 0 Å². The van der Waals surface area contributed by atoms with E-state index in [4.69, 9.17) is 4.98 Å². The molecule has 1 saturated heterocycles. The lowest BCUT2D eigenvalue weighted by molar-refractivity contribution is 0.509. The van der Waals surface area contributed by atoms with Crippen LogP contribution in [0.5, 0.6) is 0 Å². The van der Waals surface area contributed by atoms with Crippen molar-refractivity contribution >= 4 is 33.1 Å². The van der Waals surface area contributed by atoms with Gasteiger partial charge in [0, 0.05) is 29.7 Å². The van der Waals surface area contributed by atoms with Gasteiger partial charge < -0.3 is 10.2 Å². The minimum atomic E-state index is 0.469. The summed E-state index contributed by atoms with van der Waals surface area (Å²) in [5.74, 6) is 1.94. The van der Waals surface area contributed by atoms with Crippen LogP contribution in [-0.4, -0.2) is 29.1 Å². The van der Waals surface area contributed by atoms with E-state index in [-0.39, 0.29) is 0 Å². The molecule has 3 aromatic rings. The lowest BCUT2D eigenvalue weighted by Gasteiger charge is -2.21. The summed E-state index contributed by atoms with van der Waals surface area (Å²) in [6, 6.07) is 11.0. The van der Waals surface area contributed by atoms with E-state index in [1.165, 1.54) is 40.7 Å². The molecule has 1 aromatic carbocycles. The van der Waals surface area contributed by atoms with Gasteiger partial charge in [-0.05, 0) is 49.3 Å². The first-order chi connectivity index (χ1) is 12.8. The fraction of sp³-hybridized carbons (Fsp3) is 0.429. The molecule has 3 heterocycles. The van der Waals surface area contributed by atoms with Gasteiger partial charge in [-0.15, -0.1) is 11.3 Å². The highest BCUT2D eigenvalue weighted by molar-refractivity contribution is 7.19. The maximum atomic E-state index is 4.72. The van der Waals surface area contributed by atoms with Gasteiger partial charge in [-0.2, -0.15) is 0 Å². The number of hydrogen-bond acceptors (Lipinski definition) is 5. The summed E-state index contributed by atoms with van der Waals surface area (Å²) >= 11 is 1.89. The van der Waals surface area contributed by atoms with Crippen molar-refractivity contribution in [3.63, 3.8) is 0 Å². The summed E-state index contributed by atoms with van der Waals surface area (Å²) in [7, 11) is 0. The van der Waals surface area contributed by atoms with Crippen LogP contribution >= 0.6 is 11.3 Å². The molecule has 134 valence electrons. The second-order valence-corrected chi connectivity index (χ2v) is 8.75. The van der Waals surface area contributed by atoms with Gasteiger partial charge in [0.2, 0.25) is 0 Å². The number of nitrogens with zero attached hydrogens (tertiary/aromatic N) is 3. The van der Waals surface area contributed by atoms with Crippen molar-refractivity contribution in [3.05, 3.63) is 47.1 Å². The summed E-state index contributed by atoms with van der Waals surface area (Å²) in [6.45, 7) is 4.42. The molecule has 0 amide bonds. The average Bonchev–Trinajstić information content (AvgIpc) is 3.26. The largest absolute Gasteiger partial charge is 0.380 e. The molecule has 2 aliphatic rings. The minimum Gasteiger partial charge on any atom is -0.380 e. The van der Waals surface area contributed by atoms with Gasteiger partial charge in [-0.1, -0.05) is 25.1 Å². The number of thiophene rings is 1. The van der Waals surface area contributed by atoms with E-state index in [2.05, 4.69) is 52.5 Å². The van der Waals surface area contributed by atoms with E-state index in [1.54, 1.807) is 11.2 Å². The topological polar surface area (TPSA) is 41.1 Å². The van der Waals surface area contributed by atoms with E-state index in [0.717, 1.165) is 31.2 Å². The molecule has 1 aliphatic carbocycles. The molecule has 1 fully saturated rings. The number of benzene rings is 1. The summed E-state index contributed by atoms with van der Waals surface area (Å²) in [4.78, 5) is 14.5. The number of hydrogen-bond donors (Lipinski definition) is 1. The molecule has 4 nitrogen and oxygen atoms in total. The minimum absolute atomic E-state index is 0.469. The highest BCUT2D eigenvalue weighted by Crippen LogP contribution is 2.41. The second kappa shape index (κ2) is 6.54. The molecule has 26 heavy (non-hydrogen) atoms. The monoisotopic (exact) mass is 364 g/mol. The molecule has 2 unspecified atom stereocenters. The van der Waals surface area contributed by atoms with Crippen molar-refractivity contribution < 1.29 is 0 Å². The fourth-order valence-corrected chi connectivity index (χ4v) is 5.68. The molecule has 2 atom stereocenters. The first kappa shape index (κ1) is 16.1. The second-order valence-electron chi connectivity index (χ2n) is 7.67. The Morgan fingerprint density at radius 2 is 2.04 bits per heavy atom. The molecule has 0 spiro atoms. The molecule has 0 saturated carbocycles. The number of anilines is 2. The predicted molar refractivity (Wildman–Crippen MR) is 109 cm³/mol. The van der Waals surface area contributed by atoms with Gasteiger partial charge in [0.05, 0.1) is 5.39 Å². The zero-order valence-electron chi connectivity index (χ0n) is 15.1. The summed E-state index contributed by atoms with van der Waals surface area (Å²) in [5.41, 5.74) is 2.73. The smallest absolute Gasteiger partial charge is 0.141 e. The normalized spacial score (nSPS) is 22.6. The molecular weight excluding hydrogens is 340 g/mol. The maximum absolute atomic E-state index is 4.72. The number of fused-ring (bicyclic) bond motifs is 3. The lowest BCUT2D eigenvalue weighted by atomic mass is 9.89. The standard InChI is InChI=1S/C21H24N4S/c1-14-7-8-17-18(11-14)26-21-19(17)20(22-13-23-21)25-10-9-16(12-25)24-15-5-3-2-4-6-15/h2-6,13-14,16,24H,7-12H2,1H3. The molecule has 2 aromatic heterocycles. The zero-order chi connectivity index (χ0) is 17.5. The van der Waals surface area contributed by atoms with Crippen LogP contribution in [-0.2, 0) is 12.8 Å². The predicted octanol–water partition coefficient (Wildman–Crippen LogP) is 4.51. The van der Waals surface area contributed by atoms with Crippen LogP contribution in [0.15, 0.2) is 36.7 Å². The third-order valence-electron chi connectivity index (χ3n) is 5.70. The number of aromatic nitrogens is 2. The summed E-state index contributed by atoms with van der Waals surface area (Å²) in [6.07, 6.45) is 6.56.